The third-order valence-electron chi connectivity index (χ3n) is 10.0. The van der Waals surface area contributed by atoms with Gasteiger partial charge in [0.2, 0.25) is 5.91 Å². The minimum atomic E-state index is -0.00370. The molecular formula is C34H38ClN7O3. The van der Waals surface area contributed by atoms with E-state index in [0.29, 0.717) is 48.0 Å². The number of ether oxygens (including phenoxy) is 2. The standard InChI is InChI=1S/C34H38ClN7O3/c1-4-28(43)42-20-8-9-21(42)17-41(16-20)33-24-14-26(35)30(29-19(2)7-12-27-25(29)15-36-39-27)32(45-23-10-11-23)31(24)37-34(38-33)44-18-22-6-5-13-40(22)3/h4,7,12,14-15,20-23H,1,5-6,8-11,13,16-18H2,2-3H3,(H,36,39)/t20?,21?,22-/m0/s1. The van der Waals surface area contributed by atoms with E-state index in [1.54, 1.807) is 0 Å². The molecule has 1 aliphatic carbocycles. The van der Waals surface area contributed by atoms with Crippen molar-refractivity contribution in [1.82, 2.24) is 30.0 Å². The van der Waals surface area contributed by atoms with Crippen molar-refractivity contribution in [2.75, 3.05) is 38.2 Å². The zero-order valence-electron chi connectivity index (χ0n) is 25.8. The van der Waals surface area contributed by atoms with Crippen LogP contribution in [0.1, 0.15) is 44.1 Å². The van der Waals surface area contributed by atoms with E-state index in [1.165, 1.54) is 6.08 Å². The first-order valence-corrected chi connectivity index (χ1v) is 16.4. The van der Waals surface area contributed by atoms with Crippen molar-refractivity contribution in [3.05, 3.63) is 47.6 Å². The number of rotatable bonds is 8. The van der Waals surface area contributed by atoms with E-state index in [0.717, 1.165) is 83.9 Å². The lowest BCUT2D eigenvalue weighted by atomic mass is 9.94. The van der Waals surface area contributed by atoms with Crippen LogP contribution < -0.4 is 14.4 Å². The second kappa shape index (κ2) is 11.2. The van der Waals surface area contributed by atoms with Crippen LogP contribution in [0.4, 0.5) is 5.82 Å². The first kappa shape index (κ1) is 28.6. The summed E-state index contributed by atoms with van der Waals surface area (Å²) in [5, 5.41) is 9.80. The van der Waals surface area contributed by atoms with E-state index in [2.05, 4.69) is 46.6 Å². The molecule has 3 saturated heterocycles. The van der Waals surface area contributed by atoms with E-state index in [1.807, 2.05) is 23.2 Å². The highest BCUT2D eigenvalue weighted by Gasteiger charge is 2.43. The largest absolute Gasteiger partial charge is 0.487 e. The van der Waals surface area contributed by atoms with Gasteiger partial charge in [0, 0.05) is 53.1 Å². The highest BCUT2D eigenvalue weighted by Crippen LogP contribution is 2.49. The van der Waals surface area contributed by atoms with Crippen LogP contribution in [0.5, 0.6) is 11.8 Å². The highest BCUT2D eigenvalue weighted by atomic mass is 35.5. The third-order valence-corrected chi connectivity index (χ3v) is 10.3. The van der Waals surface area contributed by atoms with Crippen molar-refractivity contribution >= 4 is 45.1 Å². The Labute approximate surface area is 267 Å². The Balaban J connectivity index is 1.30. The Morgan fingerprint density at radius 2 is 1.91 bits per heavy atom. The van der Waals surface area contributed by atoms with E-state index in [9.17, 15) is 4.79 Å². The second-order valence-corrected chi connectivity index (χ2v) is 13.4. The van der Waals surface area contributed by atoms with Crippen LogP contribution in [0.25, 0.3) is 32.9 Å². The number of hydrogen-bond acceptors (Lipinski definition) is 8. The normalized spacial score (nSPS) is 23.3. The van der Waals surface area contributed by atoms with Gasteiger partial charge in [-0.2, -0.15) is 15.1 Å². The van der Waals surface area contributed by atoms with Crippen LogP contribution in [-0.2, 0) is 4.79 Å². The summed E-state index contributed by atoms with van der Waals surface area (Å²) in [4.78, 5) is 29.5. The number of aromatic nitrogens is 4. The lowest BCUT2D eigenvalue weighted by Gasteiger charge is -2.41. The number of nitrogens with zero attached hydrogens (tertiary/aromatic N) is 6. The summed E-state index contributed by atoms with van der Waals surface area (Å²) in [5.74, 6) is 1.42. The molecule has 234 valence electrons. The van der Waals surface area contributed by atoms with Gasteiger partial charge in [-0.25, -0.2) is 0 Å². The average Bonchev–Trinajstić information content (AvgIpc) is 3.44. The molecule has 8 rings (SSSR count). The van der Waals surface area contributed by atoms with Gasteiger partial charge in [0.15, 0.2) is 5.75 Å². The van der Waals surface area contributed by atoms with Gasteiger partial charge in [-0.1, -0.05) is 24.2 Å². The number of hydrogen-bond donors (Lipinski definition) is 1. The zero-order valence-corrected chi connectivity index (χ0v) is 26.5. The number of carbonyl (C=O) groups excluding carboxylic acids is 1. The number of fused-ring (bicyclic) bond motifs is 4. The number of likely N-dealkylation sites (N-methyl/N-ethyl adjacent to an activating group) is 1. The number of anilines is 1. The van der Waals surface area contributed by atoms with Crippen LogP contribution in [0.15, 0.2) is 37.1 Å². The maximum absolute atomic E-state index is 12.7. The predicted octanol–water partition coefficient (Wildman–Crippen LogP) is 5.51. The number of likely N-dealkylation sites (tertiary alicyclic amines) is 1. The SMILES string of the molecule is C=CC(=O)N1C2CCC1CN(c1nc(OC[C@@H]3CCCN3C)nc3c(OC4CC4)c(-c4c(C)ccc5[nH]ncc45)c(Cl)cc13)C2. The number of aromatic amines is 1. The Morgan fingerprint density at radius 1 is 1.11 bits per heavy atom. The van der Waals surface area contributed by atoms with Gasteiger partial charge in [-0.05, 0) is 82.8 Å². The van der Waals surface area contributed by atoms with Gasteiger partial charge in [0.25, 0.3) is 0 Å². The molecule has 2 unspecified atom stereocenters. The molecule has 4 aromatic rings. The van der Waals surface area contributed by atoms with Crippen molar-refractivity contribution in [2.24, 2.45) is 0 Å². The first-order chi connectivity index (χ1) is 21.9. The minimum absolute atomic E-state index is 0.00370. The average molecular weight is 628 g/mol. The molecule has 2 aromatic carbocycles. The maximum atomic E-state index is 12.7. The van der Waals surface area contributed by atoms with E-state index in [-0.39, 0.29) is 24.1 Å². The smallest absolute Gasteiger partial charge is 0.319 e. The van der Waals surface area contributed by atoms with Gasteiger partial charge in [-0.15, -0.1) is 0 Å². The second-order valence-electron chi connectivity index (χ2n) is 13.0. The monoisotopic (exact) mass is 627 g/mol. The topological polar surface area (TPSA) is 99.7 Å². The number of nitrogens with one attached hydrogen (secondary N) is 1. The molecular weight excluding hydrogens is 590 g/mol. The van der Waals surface area contributed by atoms with Crippen molar-refractivity contribution < 1.29 is 14.3 Å². The van der Waals surface area contributed by atoms with Gasteiger partial charge < -0.3 is 24.2 Å². The predicted molar refractivity (Wildman–Crippen MR) is 175 cm³/mol. The van der Waals surface area contributed by atoms with Gasteiger partial charge in [0.05, 0.1) is 22.8 Å². The van der Waals surface area contributed by atoms with Crippen LogP contribution in [0.3, 0.4) is 0 Å². The van der Waals surface area contributed by atoms with Crippen molar-refractivity contribution in [3.63, 3.8) is 0 Å². The summed E-state index contributed by atoms with van der Waals surface area (Å²) in [6, 6.07) is 6.94. The summed E-state index contributed by atoms with van der Waals surface area (Å²) in [6.45, 7) is 8.74. The van der Waals surface area contributed by atoms with E-state index < -0.39 is 0 Å². The lowest BCUT2D eigenvalue weighted by Crippen LogP contribution is -2.55. The van der Waals surface area contributed by atoms with Crippen LogP contribution in [0, 0.1) is 6.92 Å². The molecule has 45 heavy (non-hydrogen) atoms. The van der Waals surface area contributed by atoms with Crippen molar-refractivity contribution in [2.45, 2.75) is 69.7 Å². The number of carbonyl (C=O) groups is 1. The van der Waals surface area contributed by atoms with Crippen molar-refractivity contribution in [3.8, 4) is 22.9 Å². The molecule has 1 amide bonds. The number of aryl methyl sites for hydroxylation is 1. The Kier molecular flexibility index (Phi) is 7.09. The number of piperazine rings is 1. The van der Waals surface area contributed by atoms with Gasteiger partial charge >= 0.3 is 6.01 Å². The Morgan fingerprint density at radius 3 is 2.62 bits per heavy atom. The number of amides is 1. The molecule has 0 radical (unpaired) electrons. The Bertz CT molecular complexity index is 1810. The van der Waals surface area contributed by atoms with Crippen molar-refractivity contribution in [1.29, 1.82) is 0 Å². The van der Waals surface area contributed by atoms with Gasteiger partial charge in [0.1, 0.15) is 17.9 Å². The summed E-state index contributed by atoms with van der Waals surface area (Å²) in [7, 11) is 2.14. The molecule has 2 bridgehead atoms. The molecule has 2 aromatic heterocycles. The molecule has 0 spiro atoms. The fourth-order valence-electron chi connectivity index (χ4n) is 7.54. The molecule has 1 saturated carbocycles. The zero-order chi connectivity index (χ0) is 30.8. The molecule has 11 heteroatoms. The Hall–Kier alpha value is -3.89. The molecule has 5 heterocycles. The summed E-state index contributed by atoms with van der Waals surface area (Å²) in [5.41, 5.74) is 4.49. The molecule has 4 fully saturated rings. The highest BCUT2D eigenvalue weighted by molar-refractivity contribution is 6.35. The molecule has 4 aliphatic rings. The van der Waals surface area contributed by atoms with E-state index in [4.69, 9.17) is 31.0 Å². The quantitative estimate of drug-likeness (QED) is 0.255. The minimum Gasteiger partial charge on any atom is -0.487 e. The molecule has 3 aliphatic heterocycles. The summed E-state index contributed by atoms with van der Waals surface area (Å²) >= 11 is 7.27. The molecule has 10 nitrogen and oxygen atoms in total. The summed E-state index contributed by atoms with van der Waals surface area (Å²) < 4.78 is 13.2. The number of halogens is 1. The fraction of sp³-hybridized carbons (Fsp3) is 0.471. The first-order valence-electron chi connectivity index (χ1n) is 16.1. The fourth-order valence-corrected chi connectivity index (χ4v) is 7.82. The number of H-pyrrole nitrogens is 1. The van der Waals surface area contributed by atoms with Crippen LogP contribution >= 0.6 is 11.6 Å². The summed E-state index contributed by atoms with van der Waals surface area (Å²) in [6.07, 6.45) is 9.50. The molecule has 1 N–H and O–H groups in total. The third kappa shape index (κ3) is 4.98. The van der Waals surface area contributed by atoms with Gasteiger partial charge in [-0.3, -0.25) is 9.89 Å². The maximum Gasteiger partial charge on any atom is 0.319 e. The molecule has 3 atom stereocenters. The van der Waals surface area contributed by atoms with E-state index >= 15 is 0 Å². The lowest BCUT2D eigenvalue weighted by molar-refractivity contribution is -0.129. The van der Waals surface area contributed by atoms with Crippen LogP contribution in [-0.4, -0.2) is 93.4 Å². The number of benzene rings is 2. The van der Waals surface area contributed by atoms with Crippen LogP contribution in [0.2, 0.25) is 5.02 Å².